The van der Waals surface area contributed by atoms with E-state index >= 15 is 0 Å². The SMILES string of the molecule is CC(C)(C)[S@@](=O)N[C@@H](CCOCc1ccccc1)[Si](C)(c1ccccc1)c1ccccc1. The molecule has 0 bridgehead atoms. The second kappa shape index (κ2) is 11.2. The molecule has 0 aliphatic rings. The summed E-state index contributed by atoms with van der Waals surface area (Å²) >= 11 is 0. The first-order chi connectivity index (χ1) is 15.3. The van der Waals surface area contributed by atoms with Gasteiger partial charge < -0.3 is 4.74 Å². The van der Waals surface area contributed by atoms with E-state index in [-0.39, 0.29) is 10.4 Å². The number of rotatable bonds is 10. The molecule has 0 aromatic heterocycles. The second-order valence-corrected chi connectivity index (χ2v) is 15.6. The van der Waals surface area contributed by atoms with E-state index in [2.05, 4.69) is 84.1 Å². The van der Waals surface area contributed by atoms with E-state index in [1.807, 2.05) is 39.0 Å². The molecule has 5 heteroatoms. The highest BCUT2D eigenvalue weighted by molar-refractivity contribution is 7.84. The van der Waals surface area contributed by atoms with Gasteiger partial charge in [0, 0.05) is 12.3 Å². The van der Waals surface area contributed by atoms with Crippen LogP contribution in [0.2, 0.25) is 6.55 Å². The van der Waals surface area contributed by atoms with Crippen molar-refractivity contribution >= 4 is 29.4 Å². The van der Waals surface area contributed by atoms with E-state index in [1.165, 1.54) is 15.9 Å². The van der Waals surface area contributed by atoms with E-state index < -0.39 is 19.1 Å². The summed E-state index contributed by atoms with van der Waals surface area (Å²) in [5, 5.41) is 2.66. The van der Waals surface area contributed by atoms with Gasteiger partial charge in [-0.15, -0.1) is 0 Å². The third-order valence-corrected chi connectivity index (χ3v) is 12.6. The van der Waals surface area contributed by atoms with Gasteiger partial charge in [0.05, 0.1) is 22.3 Å². The Balaban J connectivity index is 1.89. The molecule has 0 heterocycles. The monoisotopic (exact) mass is 465 g/mol. The van der Waals surface area contributed by atoms with Crippen LogP contribution in [0.25, 0.3) is 0 Å². The van der Waals surface area contributed by atoms with Crippen molar-refractivity contribution in [1.29, 1.82) is 0 Å². The molecule has 0 radical (unpaired) electrons. The van der Waals surface area contributed by atoms with Gasteiger partial charge in [0.2, 0.25) is 0 Å². The van der Waals surface area contributed by atoms with Crippen LogP contribution in [0, 0.1) is 0 Å². The molecule has 3 nitrogen and oxygen atoms in total. The van der Waals surface area contributed by atoms with E-state index in [1.54, 1.807) is 0 Å². The van der Waals surface area contributed by atoms with Crippen LogP contribution < -0.4 is 15.1 Å². The first-order valence-electron chi connectivity index (χ1n) is 11.2. The van der Waals surface area contributed by atoms with Crippen molar-refractivity contribution in [3.8, 4) is 0 Å². The minimum atomic E-state index is -2.29. The molecule has 170 valence electrons. The third-order valence-electron chi connectivity index (χ3n) is 5.91. The lowest BCUT2D eigenvalue weighted by atomic mass is 10.2. The maximum Gasteiger partial charge on any atom is 0.132 e. The minimum Gasteiger partial charge on any atom is -0.377 e. The highest BCUT2D eigenvalue weighted by Gasteiger charge is 2.41. The molecular weight excluding hydrogens is 430 g/mol. The van der Waals surface area contributed by atoms with Crippen LogP contribution in [0.1, 0.15) is 32.8 Å². The first-order valence-corrected chi connectivity index (χ1v) is 15.0. The second-order valence-electron chi connectivity index (χ2n) is 9.31. The Labute approximate surface area is 196 Å². The van der Waals surface area contributed by atoms with Crippen molar-refractivity contribution in [3.05, 3.63) is 96.6 Å². The summed E-state index contributed by atoms with van der Waals surface area (Å²) < 4.78 is 22.5. The Hall–Kier alpha value is -2.05. The van der Waals surface area contributed by atoms with Gasteiger partial charge in [-0.25, -0.2) is 8.93 Å². The van der Waals surface area contributed by atoms with Gasteiger partial charge in [0.1, 0.15) is 8.07 Å². The fraction of sp³-hybridized carbons (Fsp3) is 0.333. The molecule has 3 aromatic rings. The summed E-state index contributed by atoms with van der Waals surface area (Å²) in [6.45, 7) is 9.63. The summed E-state index contributed by atoms with van der Waals surface area (Å²) in [6, 6.07) is 31.7. The normalized spacial score (nSPS) is 14.1. The zero-order chi connectivity index (χ0) is 23.0. The van der Waals surface area contributed by atoms with Crippen LogP contribution >= 0.6 is 0 Å². The van der Waals surface area contributed by atoms with E-state index in [4.69, 9.17) is 4.74 Å². The number of benzene rings is 3. The maximum atomic E-state index is 13.2. The van der Waals surface area contributed by atoms with Crippen LogP contribution in [0.3, 0.4) is 0 Å². The molecule has 0 fully saturated rings. The van der Waals surface area contributed by atoms with E-state index in [0.29, 0.717) is 13.2 Å². The van der Waals surface area contributed by atoms with Crippen LogP contribution in [-0.4, -0.2) is 29.3 Å². The van der Waals surface area contributed by atoms with Crippen LogP contribution in [0.4, 0.5) is 0 Å². The number of hydrogen-bond donors (Lipinski definition) is 1. The Morgan fingerprint density at radius 3 is 1.78 bits per heavy atom. The lowest BCUT2D eigenvalue weighted by Crippen LogP contribution is -2.69. The fourth-order valence-electron chi connectivity index (χ4n) is 3.87. The smallest absolute Gasteiger partial charge is 0.132 e. The predicted molar refractivity (Wildman–Crippen MR) is 139 cm³/mol. The highest BCUT2D eigenvalue weighted by atomic mass is 32.2. The minimum absolute atomic E-state index is 0.0585. The van der Waals surface area contributed by atoms with Gasteiger partial charge >= 0.3 is 0 Å². The van der Waals surface area contributed by atoms with Gasteiger partial charge in [0.15, 0.2) is 0 Å². The molecular formula is C27H35NO2SSi. The average molecular weight is 466 g/mol. The lowest BCUT2D eigenvalue weighted by molar-refractivity contribution is 0.117. The largest absolute Gasteiger partial charge is 0.377 e. The molecule has 0 spiro atoms. The molecule has 0 aliphatic heterocycles. The summed E-state index contributed by atoms with van der Waals surface area (Å²) in [5.41, 5.74) is 1.23. The zero-order valence-electron chi connectivity index (χ0n) is 19.6. The van der Waals surface area contributed by atoms with Gasteiger partial charge in [-0.3, -0.25) is 0 Å². The molecule has 2 atom stereocenters. The maximum absolute atomic E-state index is 13.2. The molecule has 0 saturated carbocycles. The summed E-state index contributed by atoms with van der Waals surface area (Å²) in [6.07, 6.45) is 0.793. The van der Waals surface area contributed by atoms with Crippen LogP contribution in [-0.2, 0) is 22.3 Å². The number of ether oxygens (including phenoxy) is 1. The molecule has 1 N–H and O–H groups in total. The van der Waals surface area contributed by atoms with Crippen molar-refractivity contribution in [2.75, 3.05) is 6.61 Å². The zero-order valence-corrected chi connectivity index (χ0v) is 21.4. The molecule has 0 saturated heterocycles. The van der Waals surface area contributed by atoms with Crippen LogP contribution in [0.5, 0.6) is 0 Å². The van der Waals surface area contributed by atoms with E-state index in [0.717, 1.165) is 6.42 Å². The van der Waals surface area contributed by atoms with Crippen molar-refractivity contribution in [3.63, 3.8) is 0 Å². The Bertz CT molecular complexity index is 935. The quantitative estimate of drug-likeness (QED) is 0.355. The van der Waals surface area contributed by atoms with Crippen molar-refractivity contribution < 1.29 is 8.95 Å². The lowest BCUT2D eigenvalue weighted by Gasteiger charge is -2.38. The Morgan fingerprint density at radius 1 is 0.844 bits per heavy atom. The summed E-state index contributed by atoms with van der Waals surface area (Å²) in [4.78, 5) is 0. The molecule has 0 amide bonds. The van der Waals surface area contributed by atoms with Gasteiger partial charge in [-0.2, -0.15) is 0 Å². The predicted octanol–water partition coefficient (Wildman–Crippen LogP) is 4.45. The molecule has 0 aliphatic carbocycles. The third kappa shape index (κ3) is 6.26. The molecule has 0 unspecified atom stereocenters. The standard InChI is InChI=1S/C27H35NO2SSi/c1-27(2,3)31(29)28-26(20-21-30-22-23-14-8-5-9-15-23)32(4,24-16-10-6-11-17-24)25-18-12-7-13-19-25/h5-19,26,28H,20-22H2,1-4H3/t26-,31-/m1/s1. The summed E-state index contributed by atoms with van der Waals surface area (Å²) in [5.74, 6) is 0. The molecule has 3 aromatic carbocycles. The van der Waals surface area contributed by atoms with Gasteiger partial charge in [-0.05, 0) is 32.8 Å². The first kappa shape index (κ1) is 24.6. The van der Waals surface area contributed by atoms with Gasteiger partial charge in [0.25, 0.3) is 0 Å². The Morgan fingerprint density at radius 2 is 1.31 bits per heavy atom. The highest BCUT2D eigenvalue weighted by Crippen LogP contribution is 2.18. The van der Waals surface area contributed by atoms with Crippen molar-refractivity contribution in [1.82, 2.24) is 4.72 Å². The van der Waals surface area contributed by atoms with E-state index in [9.17, 15) is 4.21 Å². The van der Waals surface area contributed by atoms with Crippen molar-refractivity contribution in [2.24, 2.45) is 0 Å². The van der Waals surface area contributed by atoms with Gasteiger partial charge in [-0.1, -0.05) is 108 Å². The number of hydrogen-bond acceptors (Lipinski definition) is 2. The summed E-state index contributed by atoms with van der Waals surface area (Å²) in [7, 11) is -3.46. The Kier molecular flexibility index (Phi) is 8.60. The topological polar surface area (TPSA) is 38.3 Å². The number of nitrogens with one attached hydrogen (secondary N) is 1. The van der Waals surface area contributed by atoms with Crippen molar-refractivity contribution in [2.45, 2.75) is 50.8 Å². The fourth-order valence-corrected chi connectivity index (χ4v) is 9.47. The van der Waals surface area contributed by atoms with Crippen LogP contribution in [0.15, 0.2) is 91.0 Å². The average Bonchev–Trinajstić information content (AvgIpc) is 2.81. The molecule has 32 heavy (non-hydrogen) atoms. The molecule has 3 rings (SSSR count).